The number of hydrogen-bond donors (Lipinski definition) is 0. The van der Waals surface area contributed by atoms with Crippen molar-refractivity contribution in [1.82, 2.24) is 4.90 Å². The molecule has 9 heavy (non-hydrogen) atoms. The Morgan fingerprint density at radius 1 is 1.22 bits per heavy atom. The molecule has 3 saturated heterocycles. The third kappa shape index (κ3) is 1.06. The second-order valence-corrected chi connectivity index (χ2v) is 4.90. The van der Waals surface area contributed by atoms with Crippen molar-refractivity contribution in [3.05, 3.63) is 0 Å². The van der Waals surface area contributed by atoms with E-state index in [-0.39, 0.29) is 0 Å². The van der Waals surface area contributed by atoms with Gasteiger partial charge < -0.3 is 0 Å². The van der Waals surface area contributed by atoms with Gasteiger partial charge in [-0.05, 0) is 0 Å². The molecule has 0 aromatic carbocycles. The van der Waals surface area contributed by atoms with Crippen LogP contribution in [-0.4, -0.2) is 39.7 Å². The summed E-state index contributed by atoms with van der Waals surface area (Å²) < 4.78 is 0. The van der Waals surface area contributed by atoms with Gasteiger partial charge in [0.25, 0.3) is 0 Å². The topological polar surface area (TPSA) is 3.24 Å². The summed E-state index contributed by atoms with van der Waals surface area (Å²) in [5.41, 5.74) is 0. The molecule has 0 amide bonds. The van der Waals surface area contributed by atoms with Crippen LogP contribution in [0.15, 0.2) is 0 Å². The van der Waals surface area contributed by atoms with Crippen molar-refractivity contribution in [1.29, 1.82) is 0 Å². The second kappa shape index (κ2) is 2.28. The molecule has 3 aliphatic rings. The summed E-state index contributed by atoms with van der Waals surface area (Å²) in [6.45, 7) is 2.79. The predicted molar refractivity (Wildman–Crippen MR) is 41.2 cm³/mol. The Labute approximate surface area is 65.3 Å². The number of piperidine rings is 3. The van der Waals surface area contributed by atoms with E-state index in [9.17, 15) is 0 Å². The van der Waals surface area contributed by atoms with Gasteiger partial charge >= 0.3 is 64.9 Å². The van der Waals surface area contributed by atoms with Crippen molar-refractivity contribution in [2.24, 2.45) is 5.92 Å². The molecule has 0 saturated carbocycles. The van der Waals surface area contributed by atoms with E-state index in [2.05, 4.69) is 4.90 Å². The minimum absolute atomic E-state index is 0.963. The van der Waals surface area contributed by atoms with Crippen LogP contribution < -0.4 is 0 Å². The van der Waals surface area contributed by atoms with Crippen LogP contribution in [-0.2, 0) is 0 Å². The molecule has 52 valence electrons. The number of fused-ring (bicyclic) bond motifs is 3. The Hall–Kier alpha value is 0.518. The summed E-state index contributed by atoms with van der Waals surface area (Å²) in [7, 11) is 0. The van der Waals surface area contributed by atoms with Crippen molar-refractivity contribution < 1.29 is 0 Å². The molecule has 0 radical (unpaired) electrons. The first-order valence-corrected chi connectivity index (χ1v) is 5.26. The van der Waals surface area contributed by atoms with Gasteiger partial charge in [-0.15, -0.1) is 0 Å². The molecular formula is C7H14AsN. The number of nitrogens with zero attached hydrogens (tertiary/aromatic N) is 1. The first-order valence-electron chi connectivity index (χ1n) is 3.86. The van der Waals surface area contributed by atoms with Crippen LogP contribution >= 0.6 is 0 Å². The van der Waals surface area contributed by atoms with E-state index in [1.54, 1.807) is 0 Å². The number of rotatable bonds is 0. The first-order chi connectivity index (χ1) is 4.36. The average molecular weight is 187 g/mol. The molecule has 0 aromatic rings. The average Bonchev–Trinajstić information content (AvgIpc) is 1.90. The molecule has 3 heterocycles. The summed E-state index contributed by atoms with van der Waals surface area (Å²) in [6, 6.07) is 0. The monoisotopic (exact) mass is 187 g/mol. The van der Waals surface area contributed by atoms with Crippen molar-refractivity contribution in [2.75, 3.05) is 13.1 Å². The van der Waals surface area contributed by atoms with Crippen molar-refractivity contribution in [3.63, 3.8) is 0 Å². The standard InChI is InChI=1S/C7H14AsN/c8-7-5-6-1-3-9(7)4-2-6/h6-7H,1-5,8H2. The summed E-state index contributed by atoms with van der Waals surface area (Å²) in [5.74, 6) is 1.10. The van der Waals surface area contributed by atoms with Crippen LogP contribution in [0.3, 0.4) is 0 Å². The normalized spacial score (nSPS) is 49.7. The van der Waals surface area contributed by atoms with Crippen LogP contribution in [0.4, 0.5) is 0 Å². The fraction of sp³-hybridized carbons (Fsp3) is 1.00. The van der Waals surface area contributed by atoms with Crippen molar-refractivity contribution in [3.8, 4) is 0 Å². The van der Waals surface area contributed by atoms with Crippen molar-refractivity contribution in [2.45, 2.75) is 24.1 Å². The molecule has 3 rings (SSSR count). The van der Waals surface area contributed by atoms with E-state index < -0.39 is 0 Å². The molecule has 0 spiro atoms. The zero-order valence-electron chi connectivity index (χ0n) is 5.71. The summed E-state index contributed by atoms with van der Waals surface area (Å²) in [6.07, 6.45) is 4.47. The Kier molecular flexibility index (Phi) is 1.58. The van der Waals surface area contributed by atoms with Gasteiger partial charge in [-0.3, -0.25) is 0 Å². The molecule has 1 nitrogen and oxygen atoms in total. The predicted octanol–water partition coefficient (Wildman–Crippen LogP) is 0.0613. The first kappa shape index (κ1) is 6.24. The van der Waals surface area contributed by atoms with E-state index in [1.807, 2.05) is 16.9 Å². The zero-order valence-corrected chi connectivity index (χ0v) is 8.14. The Balaban J connectivity index is 2.06. The quantitative estimate of drug-likeness (QED) is 0.485. The molecule has 0 aromatic heterocycles. The Bertz CT molecular complexity index is 107. The molecule has 0 aliphatic carbocycles. The van der Waals surface area contributed by atoms with Crippen LogP contribution in [0, 0.1) is 5.92 Å². The van der Waals surface area contributed by atoms with E-state index in [1.165, 1.54) is 32.4 Å². The van der Waals surface area contributed by atoms with Crippen LogP contribution in [0.25, 0.3) is 0 Å². The van der Waals surface area contributed by atoms with Gasteiger partial charge in [-0.2, -0.15) is 0 Å². The van der Waals surface area contributed by atoms with E-state index >= 15 is 0 Å². The minimum atomic E-state index is 0.963. The van der Waals surface area contributed by atoms with Gasteiger partial charge in [0.1, 0.15) is 0 Å². The van der Waals surface area contributed by atoms with E-state index in [0.717, 1.165) is 10.7 Å². The van der Waals surface area contributed by atoms with E-state index in [0.29, 0.717) is 0 Å². The Morgan fingerprint density at radius 2 is 1.89 bits per heavy atom. The third-order valence-corrected chi connectivity index (χ3v) is 4.15. The van der Waals surface area contributed by atoms with Crippen LogP contribution in [0.5, 0.6) is 0 Å². The van der Waals surface area contributed by atoms with Gasteiger partial charge in [0.2, 0.25) is 0 Å². The molecule has 2 bridgehead atoms. The number of hydrogen-bond acceptors (Lipinski definition) is 1. The molecule has 3 fully saturated rings. The van der Waals surface area contributed by atoms with Gasteiger partial charge in [-0.1, -0.05) is 0 Å². The fourth-order valence-electron chi connectivity index (χ4n) is 2.01. The van der Waals surface area contributed by atoms with Gasteiger partial charge in [0, 0.05) is 0 Å². The van der Waals surface area contributed by atoms with Crippen LogP contribution in [0.1, 0.15) is 19.3 Å². The molecule has 3 aliphatic heterocycles. The fourth-order valence-corrected chi connectivity index (χ4v) is 3.44. The molecule has 2 atom stereocenters. The molecule has 2 unspecified atom stereocenters. The maximum atomic E-state index is 2.65. The van der Waals surface area contributed by atoms with Gasteiger partial charge in [-0.25, -0.2) is 0 Å². The van der Waals surface area contributed by atoms with Crippen LogP contribution in [0.2, 0.25) is 0 Å². The molecule has 0 N–H and O–H groups in total. The summed E-state index contributed by atoms with van der Waals surface area (Å²) >= 11 is 1.93. The second-order valence-electron chi connectivity index (χ2n) is 3.28. The summed E-state index contributed by atoms with van der Waals surface area (Å²) in [5, 5.41) is 0. The molecule has 2 heteroatoms. The Morgan fingerprint density at radius 3 is 2.11 bits per heavy atom. The van der Waals surface area contributed by atoms with Gasteiger partial charge in [0.05, 0.1) is 0 Å². The van der Waals surface area contributed by atoms with E-state index in [4.69, 9.17) is 0 Å². The summed E-state index contributed by atoms with van der Waals surface area (Å²) in [4.78, 5) is 3.62. The molecular weight excluding hydrogens is 173 g/mol. The zero-order chi connectivity index (χ0) is 6.27. The van der Waals surface area contributed by atoms with Crippen molar-refractivity contribution >= 4 is 16.9 Å². The van der Waals surface area contributed by atoms with Gasteiger partial charge in [0.15, 0.2) is 0 Å². The maximum absolute atomic E-state index is 2.65. The third-order valence-electron chi connectivity index (χ3n) is 2.69. The SMILES string of the molecule is [AsH2]C1CC2CCN1CC2.